The maximum absolute atomic E-state index is 12.3. The molecule has 1 saturated carbocycles. The number of amides is 2. The molecule has 1 saturated heterocycles. The quantitative estimate of drug-likeness (QED) is 0.791. The minimum absolute atomic E-state index is 0.0163. The number of nitrogens with zero attached hydrogens (tertiary/aromatic N) is 1. The summed E-state index contributed by atoms with van der Waals surface area (Å²) in [5, 5.41) is 12.2. The van der Waals surface area contributed by atoms with Gasteiger partial charge in [0.1, 0.15) is 6.04 Å². The fourth-order valence-electron chi connectivity index (χ4n) is 2.92. The Balaban J connectivity index is 1.93. The van der Waals surface area contributed by atoms with Crippen molar-refractivity contribution in [1.82, 2.24) is 10.2 Å². The van der Waals surface area contributed by atoms with Crippen molar-refractivity contribution >= 4 is 23.8 Å². The first-order valence-corrected chi connectivity index (χ1v) is 8.48. The Morgan fingerprint density at radius 2 is 2.10 bits per heavy atom. The smallest absolute Gasteiger partial charge is 0.327 e. The Hall–Kier alpha value is -0.910. The molecule has 2 rings (SSSR count). The van der Waals surface area contributed by atoms with Gasteiger partial charge < -0.3 is 10.4 Å². The molecule has 0 aromatic carbocycles. The Kier molecular flexibility index (Phi) is 4.83. The lowest BCUT2D eigenvalue weighted by atomic mass is 10.0. The first-order chi connectivity index (χ1) is 9.53. The summed E-state index contributed by atoms with van der Waals surface area (Å²) in [5.74, 6) is -0.417. The molecule has 2 amide bonds. The molecule has 5 nitrogen and oxygen atoms in total. The second-order valence-electron chi connectivity index (χ2n) is 5.87. The van der Waals surface area contributed by atoms with Gasteiger partial charge in [0.15, 0.2) is 0 Å². The van der Waals surface area contributed by atoms with Crippen LogP contribution in [0.5, 0.6) is 0 Å². The van der Waals surface area contributed by atoms with Crippen molar-refractivity contribution in [3.05, 3.63) is 0 Å². The van der Waals surface area contributed by atoms with Gasteiger partial charge in [0, 0.05) is 12.3 Å². The number of hydrogen-bond donors (Lipinski definition) is 2. The van der Waals surface area contributed by atoms with Crippen molar-refractivity contribution in [2.24, 2.45) is 5.41 Å². The Labute approximate surface area is 124 Å². The zero-order valence-electron chi connectivity index (χ0n) is 12.2. The molecule has 2 fully saturated rings. The minimum Gasteiger partial charge on any atom is -0.480 e. The lowest BCUT2D eigenvalue weighted by molar-refractivity contribution is -0.141. The predicted octanol–water partition coefficient (Wildman–Crippen LogP) is 2.51. The number of rotatable bonds is 6. The van der Waals surface area contributed by atoms with Crippen LogP contribution in [0.25, 0.3) is 0 Å². The zero-order valence-corrected chi connectivity index (χ0v) is 13.0. The number of nitrogens with one attached hydrogen (secondary N) is 1. The molecule has 2 N–H and O–H groups in total. The van der Waals surface area contributed by atoms with Crippen LogP contribution in [0.15, 0.2) is 0 Å². The predicted molar refractivity (Wildman–Crippen MR) is 79.8 cm³/mol. The van der Waals surface area contributed by atoms with Crippen molar-refractivity contribution < 1.29 is 14.7 Å². The minimum atomic E-state index is -0.904. The standard InChI is InChI=1S/C14H24N2O3S/c1-3-5-14(6-7-14)9-15-13(19)16-10(12(17)18)8-20-11(16)4-2/h10-11H,3-9H2,1-2H3,(H,15,19)(H,17,18). The SMILES string of the molecule is CCCC1(CNC(=O)N2C(CC)SCC2C(=O)O)CC1. The molecule has 2 atom stereocenters. The van der Waals surface area contributed by atoms with Crippen LogP contribution in [0.2, 0.25) is 0 Å². The van der Waals surface area contributed by atoms with Gasteiger partial charge in [0.05, 0.1) is 5.37 Å². The number of carboxylic acids is 1. The highest BCUT2D eigenvalue weighted by atomic mass is 32.2. The highest BCUT2D eigenvalue weighted by molar-refractivity contribution is 8.00. The van der Waals surface area contributed by atoms with Gasteiger partial charge in [0.25, 0.3) is 0 Å². The third kappa shape index (κ3) is 3.22. The van der Waals surface area contributed by atoms with E-state index in [0.717, 1.165) is 19.3 Å². The molecule has 0 radical (unpaired) electrons. The van der Waals surface area contributed by atoms with Gasteiger partial charge >= 0.3 is 12.0 Å². The molecule has 0 aromatic rings. The second kappa shape index (κ2) is 6.24. The molecule has 1 heterocycles. The van der Waals surface area contributed by atoms with E-state index in [4.69, 9.17) is 0 Å². The molecule has 0 aromatic heterocycles. The molecule has 1 aliphatic heterocycles. The van der Waals surface area contributed by atoms with E-state index in [1.54, 1.807) is 11.8 Å². The van der Waals surface area contributed by atoms with E-state index in [-0.39, 0.29) is 16.8 Å². The molecule has 20 heavy (non-hydrogen) atoms. The largest absolute Gasteiger partial charge is 0.480 e. The first-order valence-electron chi connectivity index (χ1n) is 7.43. The maximum atomic E-state index is 12.3. The van der Waals surface area contributed by atoms with E-state index in [1.165, 1.54) is 17.7 Å². The summed E-state index contributed by atoms with van der Waals surface area (Å²) in [6, 6.07) is -0.900. The number of thioether (sulfide) groups is 1. The molecular weight excluding hydrogens is 276 g/mol. The van der Waals surface area contributed by atoms with Crippen LogP contribution in [0, 0.1) is 5.41 Å². The van der Waals surface area contributed by atoms with Crippen LogP contribution >= 0.6 is 11.8 Å². The van der Waals surface area contributed by atoms with Crippen molar-refractivity contribution in [2.45, 2.75) is 57.4 Å². The normalized spacial score (nSPS) is 27.4. The fourth-order valence-corrected chi connectivity index (χ4v) is 4.26. The van der Waals surface area contributed by atoms with Crippen LogP contribution < -0.4 is 5.32 Å². The van der Waals surface area contributed by atoms with E-state index >= 15 is 0 Å². The van der Waals surface area contributed by atoms with Gasteiger partial charge in [-0.1, -0.05) is 20.3 Å². The summed E-state index contributed by atoms with van der Waals surface area (Å²) in [5.41, 5.74) is 0.289. The summed E-state index contributed by atoms with van der Waals surface area (Å²) in [7, 11) is 0. The van der Waals surface area contributed by atoms with E-state index < -0.39 is 12.0 Å². The number of carbonyl (C=O) groups is 2. The van der Waals surface area contributed by atoms with Gasteiger partial charge in [-0.15, -0.1) is 11.8 Å². The summed E-state index contributed by atoms with van der Waals surface area (Å²) in [4.78, 5) is 25.1. The van der Waals surface area contributed by atoms with Crippen molar-refractivity contribution in [1.29, 1.82) is 0 Å². The second-order valence-corrected chi connectivity index (χ2v) is 7.08. The van der Waals surface area contributed by atoms with Crippen LogP contribution in [-0.4, -0.2) is 45.7 Å². The van der Waals surface area contributed by atoms with Crippen molar-refractivity contribution in [2.75, 3.05) is 12.3 Å². The Morgan fingerprint density at radius 1 is 1.40 bits per heavy atom. The molecule has 0 bridgehead atoms. The van der Waals surface area contributed by atoms with Gasteiger partial charge in [0.2, 0.25) is 0 Å². The van der Waals surface area contributed by atoms with Crippen LogP contribution in [0.3, 0.4) is 0 Å². The topological polar surface area (TPSA) is 69.6 Å². The highest BCUT2D eigenvalue weighted by Gasteiger charge is 2.44. The van der Waals surface area contributed by atoms with Crippen LogP contribution in [0.1, 0.15) is 46.0 Å². The van der Waals surface area contributed by atoms with Gasteiger partial charge in [-0.25, -0.2) is 9.59 Å². The number of carbonyl (C=O) groups excluding carboxylic acids is 1. The van der Waals surface area contributed by atoms with Gasteiger partial charge in [-0.2, -0.15) is 0 Å². The van der Waals surface area contributed by atoms with Crippen LogP contribution in [0.4, 0.5) is 4.79 Å². The molecule has 114 valence electrons. The van der Waals surface area contributed by atoms with Gasteiger partial charge in [-0.3, -0.25) is 4.90 Å². The van der Waals surface area contributed by atoms with E-state index in [9.17, 15) is 14.7 Å². The number of carboxylic acid groups (broad SMARTS) is 1. The van der Waals surface area contributed by atoms with E-state index in [2.05, 4.69) is 12.2 Å². The lowest BCUT2D eigenvalue weighted by Crippen LogP contribution is -2.51. The summed E-state index contributed by atoms with van der Waals surface area (Å²) in [6.07, 6.45) is 5.40. The zero-order chi connectivity index (χ0) is 14.8. The summed E-state index contributed by atoms with van der Waals surface area (Å²) < 4.78 is 0. The number of aliphatic carboxylic acids is 1. The third-order valence-electron chi connectivity index (χ3n) is 4.31. The van der Waals surface area contributed by atoms with Gasteiger partial charge in [-0.05, 0) is 31.1 Å². The molecule has 2 unspecified atom stereocenters. The van der Waals surface area contributed by atoms with E-state index in [0.29, 0.717) is 12.3 Å². The molecule has 1 aliphatic carbocycles. The maximum Gasteiger partial charge on any atom is 0.327 e. The molecular formula is C14H24N2O3S. The third-order valence-corrected chi connectivity index (χ3v) is 5.77. The average Bonchev–Trinajstić information content (AvgIpc) is 3.04. The summed E-state index contributed by atoms with van der Waals surface area (Å²) in [6.45, 7) is 4.83. The van der Waals surface area contributed by atoms with E-state index in [1.807, 2.05) is 6.92 Å². The highest BCUT2D eigenvalue weighted by Crippen LogP contribution is 2.49. The van der Waals surface area contributed by atoms with Crippen molar-refractivity contribution in [3.8, 4) is 0 Å². The number of hydrogen-bond acceptors (Lipinski definition) is 3. The molecule has 6 heteroatoms. The number of urea groups is 1. The molecule has 2 aliphatic rings. The van der Waals surface area contributed by atoms with Crippen LogP contribution in [-0.2, 0) is 4.79 Å². The average molecular weight is 300 g/mol. The van der Waals surface area contributed by atoms with Crippen molar-refractivity contribution in [3.63, 3.8) is 0 Å². The lowest BCUT2D eigenvalue weighted by Gasteiger charge is -2.28. The Bertz CT molecular complexity index is 385. The fraction of sp³-hybridized carbons (Fsp3) is 0.857. The Morgan fingerprint density at radius 3 is 2.60 bits per heavy atom. The first kappa shape index (κ1) is 15.5. The summed E-state index contributed by atoms with van der Waals surface area (Å²) >= 11 is 1.56. The monoisotopic (exact) mass is 300 g/mol. The molecule has 0 spiro atoms.